The quantitative estimate of drug-likeness (QED) is 0.0691. The van der Waals surface area contributed by atoms with E-state index in [1.54, 1.807) is 13.8 Å². The average molecular weight is 799 g/mol. The molecule has 0 saturated carbocycles. The van der Waals surface area contributed by atoms with E-state index in [2.05, 4.69) is 21.3 Å². The van der Waals surface area contributed by atoms with Gasteiger partial charge in [-0.1, -0.05) is 36.4 Å². The topological polar surface area (TPSA) is 266 Å². The second-order valence-electron chi connectivity index (χ2n) is 12.5. The van der Waals surface area contributed by atoms with Crippen LogP contribution < -0.4 is 21.3 Å². The van der Waals surface area contributed by atoms with Crippen molar-refractivity contribution in [3.63, 3.8) is 0 Å². The van der Waals surface area contributed by atoms with Gasteiger partial charge in [-0.05, 0) is 73.5 Å². The van der Waals surface area contributed by atoms with Crippen LogP contribution in [0.2, 0.25) is 0 Å². The number of phenols is 2. The number of carbonyl (C=O) groups excluding carboxylic acids is 4. The summed E-state index contributed by atoms with van der Waals surface area (Å²) in [6.07, 6.45) is 0. The minimum absolute atomic E-state index is 0.0380. The van der Waals surface area contributed by atoms with Gasteiger partial charge in [0, 0.05) is 67.6 Å². The van der Waals surface area contributed by atoms with Gasteiger partial charge in [-0.15, -0.1) is 0 Å². The third kappa shape index (κ3) is 8.12. The van der Waals surface area contributed by atoms with Gasteiger partial charge < -0.3 is 31.5 Å². The van der Waals surface area contributed by atoms with E-state index < -0.39 is 65.2 Å². The molecule has 0 aliphatic heterocycles. The maximum atomic E-state index is 13.4. The summed E-state index contributed by atoms with van der Waals surface area (Å²) in [5.74, 6) is -4.57. The Balaban J connectivity index is 1.17. The number of nitrogens with one attached hydrogen (secondary N) is 4. The Morgan fingerprint density at radius 1 is 0.482 bits per heavy atom. The number of hydrogen-bond donors (Lipinski definition) is 8. The maximum Gasteiger partial charge on any atom is 0.314 e. The molecule has 6 aromatic rings. The van der Waals surface area contributed by atoms with Gasteiger partial charge in [0.15, 0.2) is 0 Å². The Morgan fingerprint density at radius 3 is 1.21 bits per heavy atom. The number of carbonyl (C=O) groups is 4. The van der Waals surface area contributed by atoms with Gasteiger partial charge in [0.25, 0.3) is 32.1 Å². The number of rotatable bonds is 8. The standard InChI is InChI=1S/C38H30N4O12S2/c1-19-9-11-21(13-27(19)35(45)41-31-7-3-5-25-29(31)15-23(43)17-33(25)55(49,50)51)39-37(47)38(48)40-22-12-10-20(2)28(14-22)36(46)42-32-8-4-6-26-30(32)16-24(44)18-34(26)56(52,53)54/h3-18,43-44H,1-2H3,(H,39,47)(H,40,48)(H,41,45)(H,42,46)(H,49,50,51)(H,52,53,54). The predicted molar refractivity (Wildman–Crippen MR) is 206 cm³/mol. The molecule has 18 heteroatoms. The Morgan fingerprint density at radius 2 is 0.857 bits per heavy atom. The molecule has 4 amide bonds. The minimum atomic E-state index is -4.73. The molecule has 16 nitrogen and oxygen atoms in total. The van der Waals surface area contributed by atoms with Crippen molar-refractivity contribution < 1.29 is 55.3 Å². The van der Waals surface area contributed by atoms with Crippen LogP contribution in [0.4, 0.5) is 22.7 Å². The lowest BCUT2D eigenvalue weighted by molar-refractivity contribution is -0.132. The van der Waals surface area contributed by atoms with Gasteiger partial charge in [-0.25, -0.2) is 0 Å². The molecule has 0 spiro atoms. The highest BCUT2D eigenvalue weighted by atomic mass is 32.2. The SMILES string of the molecule is Cc1ccc(NC(=O)C(=O)Nc2ccc(C)c(C(=O)Nc3cccc4c(S(=O)(=O)O)cc(O)cc34)c2)cc1C(=O)Nc1cccc2c(S(=O)(=O)O)cc(O)cc12. The third-order valence-electron chi connectivity index (χ3n) is 8.62. The Labute approximate surface area is 318 Å². The van der Waals surface area contributed by atoms with Crippen molar-refractivity contribution >= 4 is 88.2 Å². The first-order valence-electron chi connectivity index (χ1n) is 16.2. The van der Waals surface area contributed by atoms with Crippen molar-refractivity contribution in [1.82, 2.24) is 0 Å². The summed E-state index contributed by atoms with van der Waals surface area (Å²) in [7, 11) is -9.45. The molecule has 0 unspecified atom stereocenters. The first-order chi connectivity index (χ1) is 26.3. The van der Waals surface area contributed by atoms with E-state index >= 15 is 0 Å². The number of phenolic OH excluding ortho intramolecular Hbond substituents is 2. The van der Waals surface area contributed by atoms with E-state index in [0.29, 0.717) is 11.1 Å². The predicted octanol–water partition coefficient (Wildman–Crippen LogP) is 5.60. The first-order valence-corrected chi connectivity index (χ1v) is 19.1. The lowest BCUT2D eigenvalue weighted by Crippen LogP contribution is -2.29. The van der Waals surface area contributed by atoms with Crippen molar-refractivity contribution in [3.8, 4) is 11.5 Å². The van der Waals surface area contributed by atoms with E-state index in [1.807, 2.05) is 0 Å². The zero-order valence-electron chi connectivity index (χ0n) is 29.1. The van der Waals surface area contributed by atoms with E-state index in [0.717, 1.165) is 12.1 Å². The lowest BCUT2D eigenvalue weighted by Gasteiger charge is -2.14. The van der Waals surface area contributed by atoms with Crippen molar-refractivity contribution in [3.05, 3.63) is 119 Å². The van der Waals surface area contributed by atoms with Crippen LogP contribution in [0.15, 0.2) is 107 Å². The van der Waals surface area contributed by atoms with Crippen LogP contribution in [0.1, 0.15) is 31.8 Å². The van der Waals surface area contributed by atoms with Crippen LogP contribution in [0, 0.1) is 13.8 Å². The fraction of sp³-hybridized carbons (Fsp3) is 0.0526. The molecule has 0 atom stereocenters. The van der Waals surface area contributed by atoms with E-state index in [1.165, 1.54) is 84.9 Å². The van der Waals surface area contributed by atoms with Crippen LogP contribution in [0.25, 0.3) is 21.5 Å². The number of hydrogen-bond acceptors (Lipinski definition) is 10. The number of aryl methyl sites for hydroxylation is 2. The summed E-state index contributed by atoms with van der Waals surface area (Å²) in [5, 5.41) is 30.6. The van der Waals surface area contributed by atoms with Crippen molar-refractivity contribution in [2.75, 3.05) is 21.3 Å². The van der Waals surface area contributed by atoms with Crippen LogP contribution in [-0.4, -0.2) is 59.8 Å². The van der Waals surface area contributed by atoms with Crippen molar-refractivity contribution in [1.29, 1.82) is 0 Å². The average Bonchev–Trinajstić information content (AvgIpc) is 3.12. The number of fused-ring (bicyclic) bond motifs is 2. The van der Waals surface area contributed by atoms with Crippen LogP contribution >= 0.6 is 0 Å². The lowest BCUT2D eigenvalue weighted by atomic mass is 10.1. The van der Waals surface area contributed by atoms with E-state index in [4.69, 9.17) is 0 Å². The molecule has 0 radical (unpaired) electrons. The molecule has 0 aromatic heterocycles. The van der Waals surface area contributed by atoms with Gasteiger partial charge in [-0.3, -0.25) is 28.3 Å². The van der Waals surface area contributed by atoms with Gasteiger partial charge in [0.1, 0.15) is 21.3 Å². The zero-order valence-corrected chi connectivity index (χ0v) is 30.7. The molecule has 0 saturated heterocycles. The summed E-state index contributed by atoms with van der Waals surface area (Å²) >= 11 is 0. The second-order valence-corrected chi connectivity index (χ2v) is 15.3. The summed E-state index contributed by atoms with van der Waals surface area (Å²) in [6.45, 7) is 3.23. The molecule has 0 bridgehead atoms. The smallest absolute Gasteiger partial charge is 0.314 e. The Kier molecular flexibility index (Phi) is 10.2. The molecule has 56 heavy (non-hydrogen) atoms. The highest BCUT2D eigenvalue weighted by Crippen LogP contribution is 2.35. The van der Waals surface area contributed by atoms with E-state index in [9.17, 15) is 55.3 Å². The largest absolute Gasteiger partial charge is 0.508 e. The van der Waals surface area contributed by atoms with Crippen LogP contribution in [0.3, 0.4) is 0 Å². The molecule has 8 N–H and O–H groups in total. The molecule has 6 rings (SSSR count). The van der Waals surface area contributed by atoms with Gasteiger partial charge in [0.05, 0.1) is 0 Å². The number of aromatic hydroxyl groups is 2. The van der Waals surface area contributed by atoms with E-state index in [-0.39, 0.29) is 55.4 Å². The fourth-order valence-electron chi connectivity index (χ4n) is 5.96. The second kappa shape index (κ2) is 14.8. The molecule has 0 aliphatic rings. The maximum absolute atomic E-state index is 13.4. The highest BCUT2D eigenvalue weighted by Gasteiger charge is 2.22. The Bertz CT molecular complexity index is 2700. The first kappa shape index (κ1) is 38.9. The third-order valence-corrected chi connectivity index (χ3v) is 10.4. The molecular formula is C38H30N4O12S2. The van der Waals surface area contributed by atoms with Crippen LogP contribution in [0.5, 0.6) is 11.5 Å². The van der Waals surface area contributed by atoms with Gasteiger partial charge in [-0.2, -0.15) is 16.8 Å². The van der Waals surface area contributed by atoms with Crippen molar-refractivity contribution in [2.24, 2.45) is 0 Å². The molecular weight excluding hydrogens is 769 g/mol. The monoisotopic (exact) mass is 798 g/mol. The summed E-state index contributed by atoms with van der Waals surface area (Å²) in [6, 6.07) is 21.3. The minimum Gasteiger partial charge on any atom is -0.508 e. The molecule has 0 fully saturated rings. The van der Waals surface area contributed by atoms with Crippen molar-refractivity contribution in [2.45, 2.75) is 23.6 Å². The summed E-state index contributed by atoms with van der Waals surface area (Å²) in [5.41, 5.74) is 1.42. The number of anilines is 4. The highest BCUT2D eigenvalue weighted by molar-refractivity contribution is 7.86. The fourth-order valence-corrected chi connectivity index (χ4v) is 7.41. The Hall–Kier alpha value is -6.86. The summed E-state index contributed by atoms with van der Waals surface area (Å²) < 4.78 is 67.0. The normalized spacial score (nSPS) is 11.6. The summed E-state index contributed by atoms with van der Waals surface area (Å²) in [4.78, 5) is 51.6. The molecule has 0 aliphatic carbocycles. The van der Waals surface area contributed by atoms with Gasteiger partial charge >= 0.3 is 11.8 Å². The zero-order chi connectivity index (χ0) is 40.7. The number of benzene rings is 6. The van der Waals surface area contributed by atoms with Gasteiger partial charge in [0.2, 0.25) is 0 Å². The van der Waals surface area contributed by atoms with Crippen LogP contribution in [-0.2, 0) is 29.8 Å². The molecule has 0 heterocycles. The molecule has 6 aromatic carbocycles. The molecule has 286 valence electrons. The number of amides is 4.